The Morgan fingerprint density at radius 2 is 0.466 bits per heavy atom. The fourth-order valence-electron chi connectivity index (χ4n) is 7.41. The molecule has 2 aromatic heterocycles. The van der Waals surface area contributed by atoms with Crippen molar-refractivity contribution in [2.24, 2.45) is 0 Å². The van der Waals surface area contributed by atoms with Crippen LogP contribution in [-0.4, -0.2) is 19.9 Å². The first-order valence-electron chi connectivity index (χ1n) is 19.5. The van der Waals surface area contributed by atoms with Crippen molar-refractivity contribution in [1.82, 2.24) is 19.9 Å². The molecule has 0 aliphatic rings. The Kier molecular flexibility index (Phi) is 9.18. The monoisotopic (exact) mass is 740 g/mol. The normalized spacial score (nSPS) is 11.1. The SMILES string of the molecule is c1ccc(-c2cc(-c3ccccc3)nc(-c3ccc(-c4ccc5ccc(-c6ccc(-c7nc(-c8ccccc8)cc(-c8ccccc8)n7)cc6)cc5c4)cc3)n2)cc1. The van der Waals surface area contributed by atoms with E-state index in [1.807, 2.05) is 72.8 Å². The first-order chi connectivity index (χ1) is 28.7. The van der Waals surface area contributed by atoms with Crippen molar-refractivity contribution in [3.8, 4) is 90.1 Å². The van der Waals surface area contributed by atoms with Crippen LogP contribution in [0.4, 0.5) is 0 Å². The molecule has 58 heavy (non-hydrogen) atoms. The molecule has 8 aromatic carbocycles. The average Bonchev–Trinajstić information content (AvgIpc) is 3.32. The fourth-order valence-corrected chi connectivity index (χ4v) is 7.41. The van der Waals surface area contributed by atoms with Gasteiger partial charge in [-0.25, -0.2) is 19.9 Å². The molecule has 0 N–H and O–H groups in total. The lowest BCUT2D eigenvalue weighted by molar-refractivity contribution is 1.18. The predicted octanol–water partition coefficient (Wildman–Crippen LogP) is 13.8. The molecule has 0 saturated heterocycles. The van der Waals surface area contributed by atoms with E-state index < -0.39 is 0 Å². The Morgan fingerprint density at radius 1 is 0.190 bits per heavy atom. The second kappa shape index (κ2) is 15.4. The van der Waals surface area contributed by atoms with Crippen LogP contribution in [0.3, 0.4) is 0 Å². The zero-order valence-corrected chi connectivity index (χ0v) is 31.6. The maximum absolute atomic E-state index is 5.02. The molecule has 4 heteroatoms. The molecule has 0 atom stereocenters. The molecule has 0 bridgehead atoms. The van der Waals surface area contributed by atoms with Gasteiger partial charge in [-0.3, -0.25) is 0 Å². The van der Waals surface area contributed by atoms with Gasteiger partial charge < -0.3 is 0 Å². The molecule has 0 amide bonds. The Hall–Kier alpha value is -7.82. The highest BCUT2D eigenvalue weighted by molar-refractivity contribution is 5.91. The molecule has 0 radical (unpaired) electrons. The molecule has 0 unspecified atom stereocenters. The van der Waals surface area contributed by atoms with Crippen molar-refractivity contribution in [3.05, 3.63) is 218 Å². The van der Waals surface area contributed by atoms with Gasteiger partial charge in [0, 0.05) is 33.4 Å². The topological polar surface area (TPSA) is 51.6 Å². The minimum Gasteiger partial charge on any atom is -0.228 e. The Bertz CT molecular complexity index is 2680. The van der Waals surface area contributed by atoms with Crippen LogP contribution in [0.1, 0.15) is 0 Å². The molecule has 0 spiro atoms. The molecule has 4 nitrogen and oxygen atoms in total. The van der Waals surface area contributed by atoms with Crippen molar-refractivity contribution < 1.29 is 0 Å². The highest BCUT2D eigenvalue weighted by Gasteiger charge is 2.13. The van der Waals surface area contributed by atoms with Gasteiger partial charge in [-0.2, -0.15) is 0 Å². The number of hydrogen-bond acceptors (Lipinski definition) is 4. The molecule has 10 aromatic rings. The summed E-state index contributed by atoms with van der Waals surface area (Å²) in [6.07, 6.45) is 0. The standard InChI is InChI=1S/C54H36N4/c1-5-13-40(14-6-1)49-35-50(41-15-7-2-8-16-41)56-53(55-49)44-27-21-37(22-28-44)46-31-25-39-26-32-47(34-48(39)33-46)38-23-29-45(30-24-38)54-57-51(42-17-9-3-10-18-42)36-52(58-54)43-19-11-4-12-20-43/h1-36H. The summed E-state index contributed by atoms with van der Waals surface area (Å²) in [5, 5.41) is 2.38. The number of fused-ring (bicyclic) bond motifs is 1. The molecule has 2 heterocycles. The molecular weight excluding hydrogens is 705 g/mol. The summed E-state index contributed by atoms with van der Waals surface area (Å²) < 4.78 is 0. The second-order valence-electron chi connectivity index (χ2n) is 14.3. The third-order valence-corrected chi connectivity index (χ3v) is 10.5. The molecule has 0 saturated carbocycles. The number of benzene rings is 8. The van der Waals surface area contributed by atoms with Crippen LogP contribution in [-0.2, 0) is 0 Å². The van der Waals surface area contributed by atoms with Crippen LogP contribution in [0.5, 0.6) is 0 Å². The number of rotatable bonds is 8. The van der Waals surface area contributed by atoms with Gasteiger partial charge in [-0.15, -0.1) is 0 Å². The first-order valence-corrected chi connectivity index (χ1v) is 19.5. The van der Waals surface area contributed by atoms with E-state index in [1.165, 1.54) is 10.8 Å². The minimum absolute atomic E-state index is 0.702. The van der Waals surface area contributed by atoms with Crippen molar-refractivity contribution in [2.75, 3.05) is 0 Å². The van der Waals surface area contributed by atoms with Gasteiger partial charge in [-0.05, 0) is 57.3 Å². The van der Waals surface area contributed by atoms with Gasteiger partial charge in [0.2, 0.25) is 0 Å². The Labute approximate surface area is 337 Å². The van der Waals surface area contributed by atoms with Gasteiger partial charge in [-0.1, -0.05) is 194 Å². The Morgan fingerprint density at radius 3 is 0.776 bits per heavy atom. The molecule has 0 aliphatic carbocycles. The maximum atomic E-state index is 5.02. The molecule has 10 rings (SSSR count). The van der Waals surface area contributed by atoms with E-state index in [0.717, 1.165) is 78.4 Å². The van der Waals surface area contributed by atoms with Crippen LogP contribution in [0.25, 0.3) is 101 Å². The first kappa shape index (κ1) is 34.7. The lowest BCUT2D eigenvalue weighted by Crippen LogP contribution is -1.96. The van der Waals surface area contributed by atoms with E-state index in [9.17, 15) is 0 Å². The van der Waals surface area contributed by atoms with E-state index in [2.05, 4.69) is 146 Å². The van der Waals surface area contributed by atoms with E-state index in [1.54, 1.807) is 0 Å². The smallest absolute Gasteiger partial charge is 0.160 e. The zero-order valence-electron chi connectivity index (χ0n) is 31.6. The molecule has 0 fully saturated rings. The zero-order chi connectivity index (χ0) is 38.7. The highest BCUT2D eigenvalue weighted by atomic mass is 14.9. The largest absolute Gasteiger partial charge is 0.228 e. The van der Waals surface area contributed by atoms with E-state index in [4.69, 9.17) is 19.9 Å². The van der Waals surface area contributed by atoms with Crippen molar-refractivity contribution in [3.63, 3.8) is 0 Å². The number of hydrogen-bond donors (Lipinski definition) is 0. The van der Waals surface area contributed by atoms with Crippen LogP contribution in [0, 0.1) is 0 Å². The number of aromatic nitrogens is 4. The van der Waals surface area contributed by atoms with E-state index in [-0.39, 0.29) is 0 Å². The summed E-state index contributed by atoms with van der Waals surface area (Å²) in [6, 6.07) is 75.8. The summed E-state index contributed by atoms with van der Waals surface area (Å²) in [5.74, 6) is 1.40. The predicted molar refractivity (Wildman–Crippen MR) is 239 cm³/mol. The minimum atomic E-state index is 0.702. The van der Waals surface area contributed by atoms with Gasteiger partial charge in [0.25, 0.3) is 0 Å². The van der Waals surface area contributed by atoms with Gasteiger partial charge in [0.15, 0.2) is 11.6 Å². The van der Waals surface area contributed by atoms with Crippen molar-refractivity contribution in [2.45, 2.75) is 0 Å². The third-order valence-electron chi connectivity index (χ3n) is 10.5. The molecule has 272 valence electrons. The molecule has 0 aliphatic heterocycles. The summed E-state index contributed by atoms with van der Waals surface area (Å²) in [7, 11) is 0. The summed E-state index contributed by atoms with van der Waals surface area (Å²) >= 11 is 0. The number of nitrogens with zero attached hydrogens (tertiary/aromatic N) is 4. The molecular formula is C54H36N4. The van der Waals surface area contributed by atoms with Crippen LogP contribution in [0.2, 0.25) is 0 Å². The van der Waals surface area contributed by atoms with E-state index >= 15 is 0 Å². The fraction of sp³-hybridized carbons (Fsp3) is 0. The Balaban J connectivity index is 0.941. The summed E-state index contributed by atoms with van der Waals surface area (Å²) in [4.78, 5) is 20.1. The van der Waals surface area contributed by atoms with Crippen LogP contribution < -0.4 is 0 Å². The van der Waals surface area contributed by atoms with E-state index in [0.29, 0.717) is 11.6 Å². The third kappa shape index (κ3) is 7.18. The van der Waals surface area contributed by atoms with Crippen molar-refractivity contribution in [1.29, 1.82) is 0 Å². The van der Waals surface area contributed by atoms with Crippen molar-refractivity contribution >= 4 is 10.8 Å². The lowest BCUT2D eigenvalue weighted by atomic mass is 9.96. The highest BCUT2D eigenvalue weighted by Crippen LogP contribution is 2.33. The average molecular weight is 741 g/mol. The quantitative estimate of drug-likeness (QED) is 0.156. The summed E-state index contributed by atoms with van der Waals surface area (Å²) in [5.41, 5.74) is 14.4. The lowest BCUT2D eigenvalue weighted by Gasteiger charge is -2.11. The summed E-state index contributed by atoms with van der Waals surface area (Å²) in [6.45, 7) is 0. The van der Waals surface area contributed by atoms with Gasteiger partial charge >= 0.3 is 0 Å². The maximum Gasteiger partial charge on any atom is 0.160 e. The van der Waals surface area contributed by atoms with Gasteiger partial charge in [0.1, 0.15) is 0 Å². The van der Waals surface area contributed by atoms with Gasteiger partial charge in [0.05, 0.1) is 22.8 Å². The van der Waals surface area contributed by atoms with Crippen LogP contribution in [0.15, 0.2) is 218 Å². The van der Waals surface area contributed by atoms with Crippen LogP contribution >= 0.6 is 0 Å². The second-order valence-corrected chi connectivity index (χ2v) is 14.3.